The van der Waals surface area contributed by atoms with Gasteiger partial charge in [0.25, 0.3) is 0 Å². The van der Waals surface area contributed by atoms with Crippen LogP contribution in [0.15, 0.2) is 45.8 Å². The largest absolute Gasteiger partial charge is 0.399 e. The lowest BCUT2D eigenvalue weighted by atomic mass is 10.2. The van der Waals surface area contributed by atoms with Crippen molar-refractivity contribution in [2.75, 3.05) is 5.73 Å². The van der Waals surface area contributed by atoms with E-state index in [1.165, 1.54) is 0 Å². The van der Waals surface area contributed by atoms with E-state index in [0.29, 0.717) is 20.6 Å². The third-order valence-electron chi connectivity index (χ3n) is 3.10. The molecule has 2 aromatic rings. The van der Waals surface area contributed by atoms with Crippen molar-refractivity contribution < 1.29 is 8.42 Å². The van der Waals surface area contributed by atoms with Gasteiger partial charge in [-0.3, -0.25) is 0 Å². The van der Waals surface area contributed by atoms with Crippen LogP contribution in [-0.2, 0) is 15.6 Å². The second-order valence-electron chi connectivity index (χ2n) is 4.88. The molecule has 2 rings (SSSR count). The molecule has 0 bridgehead atoms. The van der Waals surface area contributed by atoms with Crippen LogP contribution in [0.1, 0.15) is 16.7 Å². The minimum absolute atomic E-state index is 0.0435. The number of hydrogen-bond acceptors (Lipinski definition) is 3. The summed E-state index contributed by atoms with van der Waals surface area (Å²) >= 11 is 3.36. The Labute approximate surface area is 127 Å². The number of hydrogen-bond donors (Lipinski definition) is 1. The third kappa shape index (κ3) is 3.22. The van der Waals surface area contributed by atoms with E-state index in [1.807, 2.05) is 26.0 Å². The van der Waals surface area contributed by atoms with Gasteiger partial charge in [0.2, 0.25) is 0 Å². The van der Waals surface area contributed by atoms with E-state index >= 15 is 0 Å². The first-order chi connectivity index (χ1) is 9.29. The Morgan fingerprint density at radius 1 is 1.10 bits per heavy atom. The van der Waals surface area contributed by atoms with Crippen molar-refractivity contribution in [1.82, 2.24) is 0 Å². The maximum Gasteiger partial charge on any atom is 0.182 e. The normalized spacial score (nSPS) is 11.6. The van der Waals surface area contributed by atoms with Gasteiger partial charge in [-0.1, -0.05) is 34.1 Å². The van der Waals surface area contributed by atoms with Crippen LogP contribution in [0.3, 0.4) is 0 Å². The number of anilines is 1. The predicted molar refractivity (Wildman–Crippen MR) is 85.4 cm³/mol. The second-order valence-corrected chi connectivity index (χ2v) is 7.69. The monoisotopic (exact) mass is 353 g/mol. The average molecular weight is 354 g/mol. The van der Waals surface area contributed by atoms with E-state index in [1.54, 1.807) is 24.3 Å². The van der Waals surface area contributed by atoms with Crippen molar-refractivity contribution in [3.05, 3.63) is 57.6 Å². The quantitative estimate of drug-likeness (QED) is 0.857. The summed E-state index contributed by atoms with van der Waals surface area (Å²) in [7, 11) is -3.37. The van der Waals surface area contributed by atoms with Crippen molar-refractivity contribution in [2.24, 2.45) is 0 Å². The molecular weight excluding hydrogens is 338 g/mol. The Kier molecular flexibility index (Phi) is 4.20. The number of benzene rings is 2. The minimum Gasteiger partial charge on any atom is -0.399 e. The molecule has 0 aliphatic rings. The van der Waals surface area contributed by atoms with Crippen LogP contribution >= 0.6 is 15.9 Å². The maximum atomic E-state index is 12.6. The summed E-state index contributed by atoms with van der Waals surface area (Å²) in [6.07, 6.45) is 0. The van der Waals surface area contributed by atoms with Gasteiger partial charge in [0.05, 0.1) is 10.6 Å². The van der Waals surface area contributed by atoms with Crippen LogP contribution < -0.4 is 5.73 Å². The van der Waals surface area contributed by atoms with E-state index < -0.39 is 9.84 Å². The first kappa shape index (κ1) is 15.1. The van der Waals surface area contributed by atoms with Gasteiger partial charge >= 0.3 is 0 Å². The lowest BCUT2D eigenvalue weighted by Gasteiger charge is -2.10. The van der Waals surface area contributed by atoms with Gasteiger partial charge < -0.3 is 5.73 Å². The van der Waals surface area contributed by atoms with Crippen LogP contribution in [0, 0.1) is 13.8 Å². The molecule has 0 fully saturated rings. The van der Waals surface area contributed by atoms with Crippen molar-refractivity contribution >= 4 is 31.5 Å². The summed E-state index contributed by atoms with van der Waals surface area (Å²) in [5, 5.41) is 0. The van der Waals surface area contributed by atoms with Crippen LogP contribution in [0.5, 0.6) is 0 Å². The van der Waals surface area contributed by atoms with Gasteiger partial charge in [0.15, 0.2) is 9.84 Å². The molecule has 106 valence electrons. The van der Waals surface area contributed by atoms with Crippen LogP contribution in [0.4, 0.5) is 5.69 Å². The summed E-state index contributed by atoms with van der Waals surface area (Å²) in [5.74, 6) is -0.0435. The number of nitrogens with two attached hydrogens (primary N) is 1. The molecule has 20 heavy (non-hydrogen) atoms. The summed E-state index contributed by atoms with van der Waals surface area (Å²) < 4.78 is 25.8. The second kappa shape index (κ2) is 5.58. The van der Waals surface area contributed by atoms with Gasteiger partial charge in [0, 0.05) is 10.2 Å². The van der Waals surface area contributed by atoms with Crippen molar-refractivity contribution in [1.29, 1.82) is 0 Å². The van der Waals surface area contributed by atoms with Gasteiger partial charge in [-0.15, -0.1) is 0 Å². The van der Waals surface area contributed by atoms with Gasteiger partial charge in [0.1, 0.15) is 0 Å². The molecule has 0 aliphatic heterocycles. The molecule has 0 amide bonds. The molecule has 5 heteroatoms. The highest BCUT2D eigenvalue weighted by molar-refractivity contribution is 9.10. The zero-order chi connectivity index (χ0) is 14.9. The van der Waals surface area contributed by atoms with E-state index in [2.05, 4.69) is 15.9 Å². The van der Waals surface area contributed by atoms with E-state index in [9.17, 15) is 8.42 Å². The number of sulfone groups is 1. The smallest absolute Gasteiger partial charge is 0.182 e. The van der Waals surface area contributed by atoms with Crippen LogP contribution in [0.25, 0.3) is 0 Å². The molecule has 3 nitrogen and oxygen atoms in total. The predicted octanol–water partition coefficient (Wildman–Crippen LogP) is 3.62. The highest BCUT2D eigenvalue weighted by Gasteiger charge is 2.19. The fraction of sp³-hybridized carbons (Fsp3) is 0.200. The molecule has 0 unspecified atom stereocenters. The Balaban J connectivity index is 2.43. The topological polar surface area (TPSA) is 60.2 Å². The molecule has 0 atom stereocenters. The fourth-order valence-corrected chi connectivity index (χ4v) is 4.47. The molecule has 0 spiro atoms. The number of rotatable bonds is 3. The highest BCUT2D eigenvalue weighted by Crippen LogP contribution is 2.26. The van der Waals surface area contributed by atoms with Crippen LogP contribution in [-0.4, -0.2) is 8.42 Å². The molecule has 0 radical (unpaired) electrons. The fourth-order valence-electron chi connectivity index (χ4n) is 2.01. The molecule has 0 aliphatic carbocycles. The van der Waals surface area contributed by atoms with Crippen molar-refractivity contribution in [3.63, 3.8) is 0 Å². The highest BCUT2D eigenvalue weighted by atomic mass is 79.9. The molecule has 0 aromatic heterocycles. The summed E-state index contributed by atoms with van der Waals surface area (Å²) in [6, 6.07) is 10.6. The standard InChI is InChI=1S/C15H16BrNO2S/c1-10-3-4-11(2)15(7-10)20(18,19)9-12-5-6-13(17)8-14(12)16/h3-8H,9,17H2,1-2H3. The zero-order valence-electron chi connectivity index (χ0n) is 11.4. The number of nitrogen functional groups attached to an aromatic ring is 1. The molecular formula is C15H16BrNO2S. The summed E-state index contributed by atoms with van der Waals surface area (Å²) in [5.41, 5.74) is 8.68. The third-order valence-corrected chi connectivity index (χ3v) is 5.64. The Morgan fingerprint density at radius 2 is 1.80 bits per heavy atom. The Hall–Kier alpha value is -1.33. The van der Waals surface area contributed by atoms with Gasteiger partial charge in [-0.05, 0) is 48.7 Å². The Bertz CT molecular complexity index is 754. The molecule has 2 N–H and O–H groups in total. The maximum absolute atomic E-state index is 12.6. The minimum atomic E-state index is -3.37. The summed E-state index contributed by atoms with van der Waals surface area (Å²) in [6.45, 7) is 3.70. The van der Waals surface area contributed by atoms with E-state index in [0.717, 1.165) is 11.1 Å². The SMILES string of the molecule is Cc1ccc(C)c(S(=O)(=O)Cc2ccc(N)cc2Br)c1. The zero-order valence-corrected chi connectivity index (χ0v) is 13.8. The first-order valence-electron chi connectivity index (χ1n) is 6.13. The van der Waals surface area contributed by atoms with Crippen LogP contribution in [0.2, 0.25) is 0 Å². The molecule has 0 heterocycles. The average Bonchev–Trinajstić information content (AvgIpc) is 2.35. The number of aryl methyl sites for hydroxylation is 2. The van der Waals surface area contributed by atoms with Crippen molar-refractivity contribution in [3.8, 4) is 0 Å². The molecule has 0 saturated carbocycles. The lowest BCUT2D eigenvalue weighted by Crippen LogP contribution is -2.08. The molecule has 0 saturated heterocycles. The first-order valence-corrected chi connectivity index (χ1v) is 8.58. The number of halogens is 1. The van der Waals surface area contributed by atoms with Gasteiger partial charge in [-0.25, -0.2) is 8.42 Å². The lowest BCUT2D eigenvalue weighted by molar-refractivity contribution is 0.594. The Morgan fingerprint density at radius 3 is 2.45 bits per heavy atom. The van der Waals surface area contributed by atoms with E-state index in [4.69, 9.17) is 5.73 Å². The van der Waals surface area contributed by atoms with Crippen molar-refractivity contribution in [2.45, 2.75) is 24.5 Å². The van der Waals surface area contributed by atoms with E-state index in [-0.39, 0.29) is 5.75 Å². The van der Waals surface area contributed by atoms with Gasteiger partial charge in [-0.2, -0.15) is 0 Å². The molecule has 2 aromatic carbocycles. The summed E-state index contributed by atoms with van der Waals surface area (Å²) in [4.78, 5) is 0.390.